The summed E-state index contributed by atoms with van der Waals surface area (Å²) in [5.74, 6) is -2.58. The summed E-state index contributed by atoms with van der Waals surface area (Å²) in [6, 6.07) is 0. The first-order valence-corrected chi connectivity index (χ1v) is 9.56. The molecule has 0 radical (unpaired) electrons. The first-order valence-electron chi connectivity index (χ1n) is 9.56. The summed E-state index contributed by atoms with van der Waals surface area (Å²) in [4.78, 5) is 46.5. The van der Waals surface area contributed by atoms with Gasteiger partial charge in [0.2, 0.25) is 0 Å². The minimum atomic E-state index is -0.645. The van der Waals surface area contributed by atoms with Crippen molar-refractivity contribution < 1.29 is 19.2 Å². The van der Waals surface area contributed by atoms with Crippen LogP contribution in [0.4, 0.5) is 0 Å². The van der Waals surface area contributed by atoms with Crippen LogP contribution in [0.25, 0.3) is 0 Å². The van der Waals surface area contributed by atoms with Crippen LogP contribution in [0.2, 0.25) is 0 Å². The van der Waals surface area contributed by atoms with Gasteiger partial charge < -0.3 is 42.5 Å². The molecule has 0 aromatic heterocycles. The summed E-state index contributed by atoms with van der Waals surface area (Å²) in [6.45, 7) is 6.18. The van der Waals surface area contributed by atoms with Crippen LogP contribution in [0.15, 0.2) is 0 Å². The van der Waals surface area contributed by atoms with E-state index in [1.54, 1.807) is 0 Å². The quantitative estimate of drug-likeness (QED) is 0.187. The molecular formula is C16H32N8O4. The van der Waals surface area contributed by atoms with Crippen molar-refractivity contribution in [3.63, 3.8) is 0 Å². The lowest BCUT2D eigenvalue weighted by molar-refractivity contribution is -0.139. The monoisotopic (exact) mass is 400 g/mol. The number of carbonyl (C=O) groups is 4. The largest absolute Gasteiger partial charge is 0.347 e. The lowest BCUT2D eigenvalue weighted by atomic mass is 10.4. The van der Waals surface area contributed by atoms with Gasteiger partial charge in [-0.15, -0.1) is 0 Å². The molecule has 1 heterocycles. The third-order valence-electron chi connectivity index (χ3n) is 3.72. The zero-order valence-electron chi connectivity index (χ0n) is 16.1. The molecule has 0 aromatic carbocycles. The van der Waals surface area contributed by atoms with Gasteiger partial charge in [-0.05, 0) is 0 Å². The first kappa shape index (κ1) is 23.8. The third-order valence-corrected chi connectivity index (χ3v) is 3.72. The van der Waals surface area contributed by atoms with Crippen molar-refractivity contribution in [2.24, 2.45) is 0 Å². The second-order valence-corrected chi connectivity index (χ2v) is 6.02. The predicted molar refractivity (Wildman–Crippen MR) is 104 cm³/mol. The van der Waals surface area contributed by atoms with Gasteiger partial charge in [0.15, 0.2) is 0 Å². The number of amides is 4. The van der Waals surface area contributed by atoms with E-state index in [-0.39, 0.29) is 0 Å². The Balaban J connectivity index is 2.29. The lowest BCUT2D eigenvalue weighted by Gasteiger charge is -2.10. The molecular weight excluding hydrogens is 368 g/mol. The van der Waals surface area contributed by atoms with Crippen molar-refractivity contribution in [2.45, 2.75) is 0 Å². The number of carbonyl (C=O) groups excluding carboxylic acids is 4. The molecule has 1 aliphatic rings. The van der Waals surface area contributed by atoms with Gasteiger partial charge in [0, 0.05) is 78.5 Å². The molecule has 1 rings (SSSR count). The maximum Gasteiger partial charge on any atom is 0.309 e. The van der Waals surface area contributed by atoms with E-state index < -0.39 is 23.6 Å². The Bertz CT molecular complexity index is 415. The zero-order valence-corrected chi connectivity index (χ0v) is 16.1. The van der Waals surface area contributed by atoms with E-state index in [1.165, 1.54) is 0 Å². The predicted octanol–water partition coefficient (Wildman–Crippen LogP) is -5.18. The Kier molecular flexibility index (Phi) is 13.4. The summed E-state index contributed by atoms with van der Waals surface area (Å²) in [7, 11) is 0. The number of nitrogens with one attached hydrogen (secondary N) is 8. The summed E-state index contributed by atoms with van der Waals surface area (Å²) in [5.41, 5.74) is 0. The Morgan fingerprint density at radius 1 is 0.321 bits per heavy atom. The van der Waals surface area contributed by atoms with Crippen molar-refractivity contribution in [1.82, 2.24) is 42.5 Å². The molecule has 0 spiro atoms. The molecule has 1 saturated heterocycles. The molecule has 8 N–H and O–H groups in total. The Hall–Kier alpha value is -2.28. The van der Waals surface area contributed by atoms with E-state index in [0.717, 1.165) is 0 Å². The molecule has 28 heavy (non-hydrogen) atoms. The van der Waals surface area contributed by atoms with E-state index in [9.17, 15) is 19.2 Å². The number of rotatable bonds is 0. The summed E-state index contributed by atoms with van der Waals surface area (Å²) >= 11 is 0. The molecule has 0 bridgehead atoms. The standard InChI is InChI=1S/C16H32N8O4/c25-13-14(26)23-11-7-19-3-4-20-8-12-24-16(28)15(27)22-10-6-18-2-1-17-5-9-21-13/h17-20H,1-12H2,(H,21,25)(H,22,27)(H,23,26)(H,24,28). The molecule has 0 atom stereocenters. The molecule has 160 valence electrons. The molecule has 0 aliphatic carbocycles. The minimum absolute atomic E-state index is 0.349. The molecule has 0 saturated carbocycles. The maximum absolute atomic E-state index is 11.6. The highest BCUT2D eigenvalue weighted by Gasteiger charge is 2.12. The van der Waals surface area contributed by atoms with E-state index in [1.807, 2.05) is 0 Å². The highest BCUT2D eigenvalue weighted by atomic mass is 16.2. The van der Waals surface area contributed by atoms with Gasteiger partial charge in [-0.2, -0.15) is 0 Å². The number of hydrogen-bond donors (Lipinski definition) is 8. The van der Waals surface area contributed by atoms with Crippen LogP contribution < -0.4 is 42.5 Å². The summed E-state index contributed by atoms with van der Waals surface area (Å²) < 4.78 is 0. The van der Waals surface area contributed by atoms with Crippen LogP contribution >= 0.6 is 0 Å². The van der Waals surface area contributed by atoms with Crippen LogP contribution in [0.3, 0.4) is 0 Å². The first-order chi connectivity index (χ1) is 13.6. The summed E-state index contributed by atoms with van der Waals surface area (Å²) in [6.07, 6.45) is 0. The zero-order chi connectivity index (χ0) is 20.5. The second kappa shape index (κ2) is 15.7. The fourth-order valence-corrected chi connectivity index (χ4v) is 2.23. The molecule has 4 amide bonds. The fourth-order valence-electron chi connectivity index (χ4n) is 2.23. The van der Waals surface area contributed by atoms with Gasteiger partial charge in [0.25, 0.3) is 0 Å². The van der Waals surface area contributed by atoms with E-state index in [0.29, 0.717) is 78.5 Å². The van der Waals surface area contributed by atoms with Crippen LogP contribution in [-0.2, 0) is 19.2 Å². The van der Waals surface area contributed by atoms with Crippen molar-refractivity contribution in [1.29, 1.82) is 0 Å². The minimum Gasteiger partial charge on any atom is -0.347 e. The molecule has 12 nitrogen and oxygen atoms in total. The molecule has 12 heteroatoms. The number of hydrogen-bond acceptors (Lipinski definition) is 8. The van der Waals surface area contributed by atoms with Crippen molar-refractivity contribution in [2.75, 3.05) is 78.5 Å². The van der Waals surface area contributed by atoms with Gasteiger partial charge in [-0.25, -0.2) is 0 Å². The van der Waals surface area contributed by atoms with Crippen LogP contribution in [0.1, 0.15) is 0 Å². The SMILES string of the molecule is O=C1NCCNCCNCCNC(=O)C(=O)NCCNCCNCCNC1=O. The normalized spacial score (nSPS) is 21.4. The van der Waals surface area contributed by atoms with Crippen LogP contribution in [0.5, 0.6) is 0 Å². The van der Waals surface area contributed by atoms with Crippen molar-refractivity contribution in [3.05, 3.63) is 0 Å². The molecule has 0 unspecified atom stereocenters. The smallest absolute Gasteiger partial charge is 0.309 e. The average Bonchev–Trinajstić information content (AvgIpc) is 2.69. The molecule has 0 aromatic rings. The highest BCUT2D eigenvalue weighted by molar-refractivity contribution is 6.35. The lowest BCUT2D eigenvalue weighted by Crippen LogP contribution is -2.45. The maximum atomic E-state index is 11.6. The topological polar surface area (TPSA) is 165 Å². The Labute approximate surface area is 164 Å². The van der Waals surface area contributed by atoms with Gasteiger partial charge >= 0.3 is 23.6 Å². The van der Waals surface area contributed by atoms with E-state index in [2.05, 4.69) is 42.5 Å². The van der Waals surface area contributed by atoms with Gasteiger partial charge in [-0.1, -0.05) is 0 Å². The molecule has 1 aliphatic heterocycles. The third kappa shape index (κ3) is 12.2. The van der Waals surface area contributed by atoms with Crippen LogP contribution in [0, 0.1) is 0 Å². The van der Waals surface area contributed by atoms with Crippen molar-refractivity contribution >= 4 is 23.6 Å². The van der Waals surface area contributed by atoms with E-state index in [4.69, 9.17) is 0 Å². The van der Waals surface area contributed by atoms with Gasteiger partial charge in [-0.3, -0.25) is 19.2 Å². The Morgan fingerprint density at radius 2 is 0.500 bits per heavy atom. The average molecular weight is 400 g/mol. The highest BCUT2D eigenvalue weighted by Crippen LogP contribution is 1.72. The van der Waals surface area contributed by atoms with Crippen molar-refractivity contribution in [3.8, 4) is 0 Å². The second-order valence-electron chi connectivity index (χ2n) is 6.02. The summed E-state index contributed by atoms with van der Waals surface area (Å²) in [5, 5.41) is 22.6. The van der Waals surface area contributed by atoms with Gasteiger partial charge in [0.05, 0.1) is 0 Å². The van der Waals surface area contributed by atoms with Gasteiger partial charge in [0.1, 0.15) is 0 Å². The molecule has 1 fully saturated rings. The van der Waals surface area contributed by atoms with E-state index >= 15 is 0 Å². The Morgan fingerprint density at radius 3 is 0.714 bits per heavy atom. The fraction of sp³-hybridized carbons (Fsp3) is 0.750. The van der Waals surface area contributed by atoms with Crippen LogP contribution in [-0.4, -0.2) is 102 Å².